The maximum atomic E-state index is 13.0. The Balaban J connectivity index is 3.23. The minimum absolute atomic E-state index is 0.186. The number of phenols is 1. The average molecular weight is 199 g/mol. The lowest BCUT2D eigenvalue weighted by atomic mass is 10.0. The molecule has 0 fully saturated rings. The van der Waals surface area contributed by atoms with Gasteiger partial charge in [0.15, 0.2) is 11.6 Å². The van der Waals surface area contributed by atoms with Crippen LogP contribution in [-0.2, 0) is 0 Å². The fraction of sp³-hybridized carbons (Fsp3) is 0.400. The lowest BCUT2D eigenvalue weighted by molar-refractivity contribution is 0.246. The molecule has 3 nitrogen and oxygen atoms in total. The number of nitrogens with one attached hydrogen (secondary N) is 1. The minimum Gasteiger partial charge on any atom is -0.505 e. The van der Waals surface area contributed by atoms with Gasteiger partial charge in [0, 0.05) is 5.56 Å². The Kier molecular flexibility index (Phi) is 3.43. The van der Waals surface area contributed by atoms with Crippen molar-refractivity contribution in [3.05, 3.63) is 29.1 Å². The van der Waals surface area contributed by atoms with Crippen LogP contribution in [0.5, 0.6) is 5.75 Å². The molecule has 0 aliphatic heterocycles. The van der Waals surface area contributed by atoms with Crippen LogP contribution in [0.3, 0.4) is 0 Å². The smallest absolute Gasteiger partial charge is 0.165 e. The molecule has 78 valence electrons. The van der Waals surface area contributed by atoms with Crippen LogP contribution >= 0.6 is 0 Å². The number of likely N-dealkylation sites (N-methyl/N-ethyl adjacent to an activating group) is 1. The molecule has 0 aliphatic carbocycles. The molecule has 14 heavy (non-hydrogen) atoms. The first-order valence-corrected chi connectivity index (χ1v) is 4.38. The van der Waals surface area contributed by atoms with Crippen LogP contribution < -0.4 is 5.32 Å². The topological polar surface area (TPSA) is 52.5 Å². The summed E-state index contributed by atoms with van der Waals surface area (Å²) in [4.78, 5) is 0. The molecule has 4 heteroatoms. The normalized spacial score (nSPS) is 12.9. The van der Waals surface area contributed by atoms with E-state index in [1.807, 2.05) is 0 Å². The monoisotopic (exact) mass is 199 g/mol. The van der Waals surface area contributed by atoms with Crippen LogP contribution in [0.15, 0.2) is 12.1 Å². The molecule has 0 aliphatic rings. The van der Waals surface area contributed by atoms with Crippen molar-refractivity contribution in [2.24, 2.45) is 0 Å². The molecule has 0 bridgehead atoms. The summed E-state index contributed by atoms with van der Waals surface area (Å²) >= 11 is 0. The van der Waals surface area contributed by atoms with Crippen molar-refractivity contribution in [2.75, 3.05) is 13.7 Å². The summed E-state index contributed by atoms with van der Waals surface area (Å²) in [5.74, 6) is -1.06. The Morgan fingerprint density at radius 1 is 1.50 bits per heavy atom. The molecular weight excluding hydrogens is 185 g/mol. The molecule has 1 aromatic rings. The zero-order chi connectivity index (χ0) is 10.7. The molecule has 0 saturated heterocycles. The van der Waals surface area contributed by atoms with Gasteiger partial charge in [-0.15, -0.1) is 0 Å². The summed E-state index contributed by atoms with van der Waals surface area (Å²) in [6.45, 7) is 1.57. The predicted octanol–water partition coefficient (Wildman–Crippen LogP) is 1.09. The van der Waals surface area contributed by atoms with Gasteiger partial charge >= 0.3 is 0 Å². The van der Waals surface area contributed by atoms with Crippen molar-refractivity contribution >= 4 is 0 Å². The number of benzene rings is 1. The number of aliphatic hydroxyl groups excluding tert-OH is 1. The average Bonchev–Trinajstić information content (AvgIpc) is 2.19. The first-order valence-electron chi connectivity index (χ1n) is 4.38. The van der Waals surface area contributed by atoms with Gasteiger partial charge in [0.25, 0.3) is 0 Å². The van der Waals surface area contributed by atoms with Gasteiger partial charge in [0.05, 0.1) is 12.6 Å². The van der Waals surface area contributed by atoms with Crippen LogP contribution in [0.1, 0.15) is 17.2 Å². The standard InChI is InChI=1S/C10H14FNO2/c1-6-3-4-7(11)10(14)9(6)8(5-13)12-2/h3-4,8,12-14H,5H2,1-2H3. The van der Waals surface area contributed by atoms with Crippen molar-refractivity contribution < 1.29 is 14.6 Å². The van der Waals surface area contributed by atoms with E-state index in [0.29, 0.717) is 5.56 Å². The molecule has 0 radical (unpaired) electrons. The molecule has 1 rings (SSSR count). The third-order valence-corrected chi connectivity index (χ3v) is 2.27. The minimum atomic E-state index is -0.667. The van der Waals surface area contributed by atoms with E-state index < -0.39 is 17.6 Å². The van der Waals surface area contributed by atoms with Gasteiger partial charge in [-0.25, -0.2) is 4.39 Å². The fourth-order valence-corrected chi connectivity index (χ4v) is 1.45. The van der Waals surface area contributed by atoms with Crippen molar-refractivity contribution in [3.8, 4) is 5.75 Å². The third kappa shape index (κ3) is 1.86. The number of phenolic OH excluding ortho intramolecular Hbond substituents is 1. The van der Waals surface area contributed by atoms with Gasteiger partial charge in [0.2, 0.25) is 0 Å². The molecule has 0 amide bonds. The van der Waals surface area contributed by atoms with E-state index in [9.17, 15) is 9.50 Å². The molecule has 0 heterocycles. The maximum Gasteiger partial charge on any atom is 0.165 e. The molecule has 1 atom stereocenters. The molecule has 0 aromatic heterocycles. The molecule has 0 spiro atoms. The number of halogens is 1. The summed E-state index contributed by atoms with van der Waals surface area (Å²) in [7, 11) is 1.64. The highest BCUT2D eigenvalue weighted by molar-refractivity contribution is 5.42. The lowest BCUT2D eigenvalue weighted by Gasteiger charge is -2.17. The Bertz CT molecular complexity index is 324. The quantitative estimate of drug-likeness (QED) is 0.683. The summed E-state index contributed by atoms with van der Waals surface area (Å²) in [5, 5.41) is 21.3. The third-order valence-electron chi connectivity index (χ3n) is 2.27. The van der Waals surface area contributed by atoms with Gasteiger partial charge in [0.1, 0.15) is 0 Å². The number of aryl methyl sites for hydroxylation is 1. The Hall–Kier alpha value is -1.13. The number of aromatic hydroxyl groups is 1. The van der Waals surface area contributed by atoms with Crippen LogP contribution in [-0.4, -0.2) is 23.9 Å². The van der Waals surface area contributed by atoms with Crippen LogP contribution in [0, 0.1) is 12.7 Å². The van der Waals surface area contributed by atoms with Crippen LogP contribution in [0.4, 0.5) is 4.39 Å². The van der Waals surface area contributed by atoms with Gasteiger partial charge in [-0.3, -0.25) is 0 Å². The second-order valence-electron chi connectivity index (χ2n) is 3.15. The van der Waals surface area contributed by atoms with Gasteiger partial charge < -0.3 is 15.5 Å². The molecule has 1 aromatic carbocycles. The van der Waals surface area contributed by atoms with E-state index in [1.165, 1.54) is 6.07 Å². The van der Waals surface area contributed by atoms with Crippen molar-refractivity contribution in [1.29, 1.82) is 0 Å². The Morgan fingerprint density at radius 2 is 2.14 bits per heavy atom. The Labute approximate surface area is 82.2 Å². The number of rotatable bonds is 3. The van der Waals surface area contributed by atoms with Gasteiger partial charge in [-0.05, 0) is 25.6 Å². The molecule has 1 unspecified atom stereocenters. The molecule has 0 saturated carbocycles. The summed E-state index contributed by atoms with van der Waals surface area (Å²) in [5.41, 5.74) is 1.16. The number of hydrogen-bond donors (Lipinski definition) is 3. The second-order valence-corrected chi connectivity index (χ2v) is 3.15. The zero-order valence-electron chi connectivity index (χ0n) is 8.21. The second kappa shape index (κ2) is 4.39. The first-order chi connectivity index (χ1) is 6.61. The van der Waals surface area contributed by atoms with E-state index in [4.69, 9.17) is 5.11 Å². The summed E-state index contributed by atoms with van der Waals surface area (Å²) in [6, 6.07) is 2.34. The van der Waals surface area contributed by atoms with E-state index in [1.54, 1.807) is 20.0 Å². The lowest BCUT2D eigenvalue weighted by Crippen LogP contribution is -2.21. The number of aliphatic hydroxyl groups is 1. The first kappa shape index (κ1) is 10.9. The zero-order valence-corrected chi connectivity index (χ0v) is 8.21. The van der Waals surface area contributed by atoms with Crippen molar-refractivity contribution in [3.63, 3.8) is 0 Å². The van der Waals surface area contributed by atoms with Gasteiger partial charge in [-0.1, -0.05) is 6.07 Å². The SMILES string of the molecule is CNC(CO)c1c(C)ccc(F)c1O. The van der Waals surface area contributed by atoms with E-state index >= 15 is 0 Å². The van der Waals surface area contributed by atoms with Crippen LogP contribution in [0.25, 0.3) is 0 Å². The summed E-state index contributed by atoms with van der Waals surface area (Å²) in [6.07, 6.45) is 0. The van der Waals surface area contributed by atoms with Gasteiger partial charge in [-0.2, -0.15) is 0 Å². The highest BCUT2D eigenvalue weighted by Gasteiger charge is 2.17. The Morgan fingerprint density at radius 3 is 2.64 bits per heavy atom. The maximum absolute atomic E-state index is 13.0. The highest BCUT2D eigenvalue weighted by Crippen LogP contribution is 2.29. The van der Waals surface area contributed by atoms with Crippen LogP contribution in [0.2, 0.25) is 0 Å². The van der Waals surface area contributed by atoms with E-state index in [2.05, 4.69) is 5.32 Å². The van der Waals surface area contributed by atoms with E-state index in [0.717, 1.165) is 5.56 Å². The summed E-state index contributed by atoms with van der Waals surface area (Å²) < 4.78 is 13.0. The fourth-order valence-electron chi connectivity index (χ4n) is 1.45. The van der Waals surface area contributed by atoms with E-state index in [-0.39, 0.29) is 6.61 Å². The predicted molar refractivity (Wildman–Crippen MR) is 51.7 cm³/mol. The van der Waals surface area contributed by atoms with Crippen molar-refractivity contribution in [1.82, 2.24) is 5.32 Å². The van der Waals surface area contributed by atoms with Crippen molar-refractivity contribution in [2.45, 2.75) is 13.0 Å². The largest absolute Gasteiger partial charge is 0.505 e. The molecule has 3 N–H and O–H groups in total. The molecular formula is C10H14FNO2. The number of hydrogen-bond acceptors (Lipinski definition) is 3. The highest BCUT2D eigenvalue weighted by atomic mass is 19.1.